The number of ether oxygens (including phenoxy) is 1. The van der Waals surface area contributed by atoms with Gasteiger partial charge in [0.25, 0.3) is 5.91 Å². The van der Waals surface area contributed by atoms with Crippen molar-refractivity contribution >= 4 is 11.8 Å². The van der Waals surface area contributed by atoms with Gasteiger partial charge in [-0.05, 0) is 37.8 Å². The number of carbonyl (C=O) groups excluding carboxylic acids is 2. The first-order valence-electron chi connectivity index (χ1n) is 9.79. The number of rotatable bonds is 5. The first-order valence-corrected chi connectivity index (χ1v) is 9.79. The molecule has 2 amide bonds. The molecule has 1 N–H and O–H groups in total. The smallest absolute Gasteiger partial charge is 0.251 e. The molecule has 1 aromatic carbocycles. The third-order valence-corrected chi connectivity index (χ3v) is 5.68. The van der Waals surface area contributed by atoms with E-state index >= 15 is 0 Å². The molecule has 3 atom stereocenters. The number of hydrogen-bond acceptors (Lipinski definition) is 5. The van der Waals surface area contributed by atoms with E-state index in [4.69, 9.17) is 9.15 Å². The molecular weight excluding hydrogens is 358 g/mol. The summed E-state index contributed by atoms with van der Waals surface area (Å²) in [5.41, 5.74) is 1.40. The SMILES string of the molecule is C[C@@H]1OCC[C@@H]1C(=O)N1CCC(CNC(=O)c2cccc(-c3cnco3)c2)C1. The van der Waals surface area contributed by atoms with Crippen LogP contribution in [0.1, 0.15) is 30.1 Å². The molecule has 7 nitrogen and oxygen atoms in total. The van der Waals surface area contributed by atoms with Crippen molar-refractivity contribution in [3.8, 4) is 11.3 Å². The van der Waals surface area contributed by atoms with Gasteiger partial charge < -0.3 is 19.4 Å². The van der Waals surface area contributed by atoms with Gasteiger partial charge in [-0.3, -0.25) is 9.59 Å². The monoisotopic (exact) mass is 383 g/mol. The Morgan fingerprint density at radius 1 is 1.32 bits per heavy atom. The van der Waals surface area contributed by atoms with E-state index in [1.165, 1.54) is 6.39 Å². The van der Waals surface area contributed by atoms with E-state index in [0.717, 1.165) is 24.9 Å². The Morgan fingerprint density at radius 2 is 2.21 bits per heavy atom. The predicted molar refractivity (Wildman–Crippen MR) is 102 cm³/mol. The molecule has 0 aliphatic carbocycles. The number of nitrogens with one attached hydrogen (secondary N) is 1. The van der Waals surface area contributed by atoms with Crippen molar-refractivity contribution in [3.05, 3.63) is 42.4 Å². The molecule has 1 aromatic heterocycles. The van der Waals surface area contributed by atoms with Crippen LogP contribution in [-0.4, -0.2) is 54.0 Å². The van der Waals surface area contributed by atoms with Crippen LogP contribution < -0.4 is 5.32 Å². The minimum atomic E-state index is -0.121. The van der Waals surface area contributed by atoms with Crippen LogP contribution >= 0.6 is 0 Å². The molecule has 3 heterocycles. The summed E-state index contributed by atoms with van der Waals surface area (Å²) in [5.74, 6) is 0.961. The molecule has 148 valence electrons. The maximum Gasteiger partial charge on any atom is 0.251 e. The lowest BCUT2D eigenvalue weighted by Gasteiger charge is -2.22. The van der Waals surface area contributed by atoms with Crippen LogP contribution in [0.2, 0.25) is 0 Å². The highest BCUT2D eigenvalue weighted by Gasteiger charge is 2.36. The van der Waals surface area contributed by atoms with Crippen molar-refractivity contribution in [2.24, 2.45) is 11.8 Å². The molecule has 2 aromatic rings. The zero-order valence-electron chi connectivity index (χ0n) is 16.0. The summed E-state index contributed by atoms with van der Waals surface area (Å²) in [4.78, 5) is 31.0. The standard InChI is InChI=1S/C21H25N3O4/c1-14-18(6-8-27-14)21(26)24-7-5-15(12-24)10-23-20(25)17-4-2-3-16(9-17)19-11-22-13-28-19/h2-4,9,11,13-15,18H,5-8,10,12H2,1H3,(H,23,25)/t14-,15?,18-/m0/s1. The number of amides is 2. The van der Waals surface area contributed by atoms with Crippen molar-refractivity contribution in [3.63, 3.8) is 0 Å². The molecule has 0 radical (unpaired) electrons. The van der Waals surface area contributed by atoms with Gasteiger partial charge in [-0.1, -0.05) is 12.1 Å². The largest absolute Gasteiger partial charge is 0.444 e. The molecule has 1 unspecified atom stereocenters. The Labute approximate surface area is 164 Å². The fourth-order valence-corrected chi connectivity index (χ4v) is 4.00. The van der Waals surface area contributed by atoms with Gasteiger partial charge in [-0.15, -0.1) is 0 Å². The van der Waals surface area contributed by atoms with Crippen LogP contribution in [0.3, 0.4) is 0 Å². The average molecular weight is 383 g/mol. The van der Waals surface area contributed by atoms with E-state index in [1.54, 1.807) is 18.3 Å². The summed E-state index contributed by atoms with van der Waals surface area (Å²) in [5, 5.41) is 3.00. The van der Waals surface area contributed by atoms with Gasteiger partial charge in [0.2, 0.25) is 5.91 Å². The highest BCUT2D eigenvalue weighted by Crippen LogP contribution is 2.26. The van der Waals surface area contributed by atoms with E-state index in [-0.39, 0.29) is 29.8 Å². The minimum Gasteiger partial charge on any atom is -0.444 e. The Kier molecular flexibility index (Phi) is 5.43. The molecular formula is C21H25N3O4. The lowest BCUT2D eigenvalue weighted by Crippen LogP contribution is -2.38. The quantitative estimate of drug-likeness (QED) is 0.857. The summed E-state index contributed by atoms with van der Waals surface area (Å²) in [6, 6.07) is 7.28. The lowest BCUT2D eigenvalue weighted by atomic mass is 10.0. The number of oxazole rings is 1. The maximum atomic E-state index is 12.7. The van der Waals surface area contributed by atoms with Gasteiger partial charge in [0.1, 0.15) is 0 Å². The number of carbonyl (C=O) groups is 2. The number of hydrogen-bond donors (Lipinski definition) is 1. The van der Waals surface area contributed by atoms with Crippen LogP contribution in [0.4, 0.5) is 0 Å². The Morgan fingerprint density at radius 3 is 2.96 bits per heavy atom. The highest BCUT2D eigenvalue weighted by atomic mass is 16.5. The van der Waals surface area contributed by atoms with Crippen molar-refractivity contribution in [2.75, 3.05) is 26.2 Å². The Balaban J connectivity index is 1.30. The van der Waals surface area contributed by atoms with Crippen LogP contribution in [0.15, 0.2) is 41.3 Å². The van der Waals surface area contributed by atoms with E-state index in [1.807, 2.05) is 24.0 Å². The van der Waals surface area contributed by atoms with Crippen molar-refractivity contribution < 1.29 is 18.7 Å². The van der Waals surface area contributed by atoms with Gasteiger partial charge in [-0.25, -0.2) is 4.98 Å². The molecule has 28 heavy (non-hydrogen) atoms. The summed E-state index contributed by atoms with van der Waals surface area (Å²) in [6.07, 6.45) is 4.71. The second-order valence-electron chi connectivity index (χ2n) is 7.57. The normalized spacial score (nSPS) is 24.5. The molecule has 0 bridgehead atoms. The first-order chi connectivity index (χ1) is 13.6. The van der Waals surface area contributed by atoms with E-state index in [9.17, 15) is 9.59 Å². The topological polar surface area (TPSA) is 84.7 Å². The molecule has 2 saturated heterocycles. The van der Waals surface area contributed by atoms with Crippen molar-refractivity contribution in [1.29, 1.82) is 0 Å². The summed E-state index contributed by atoms with van der Waals surface area (Å²) >= 11 is 0. The highest BCUT2D eigenvalue weighted by molar-refractivity contribution is 5.95. The predicted octanol–water partition coefficient (Wildman–Crippen LogP) is 2.34. The van der Waals surface area contributed by atoms with Crippen LogP contribution in [0.25, 0.3) is 11.3 Å². The second-order valence-corrected chi connectivity index (χ2v) is 7.57. The molecule has 0 saturated carbocycles. The number of benzene rings is 1. The summed E-state index contributed by atoms with van der Waals surface area (Å²) in [6.45, 7) is 4.64. The molecule has 2 aliphatic heterocycles. The second kappa shape index (κ2) is 8.14. The third kappa shape index (κ3) is 3.94. The number of aromatic nitrogens is 1. The van der Waals surface area contributed by atoms with E-state index in [2.05, 4.69) is 10.3 Å². The zero-order valence-corrected chi connectivity index (χ0v) is 16.0. The molecule has 0 spiro atoms. The zero-order chi connectivity index (χ0) is 19.5. The van der Waals surface area contributed by atoms with E-state index in [0.29, 0.717) is 31.0 Å². The third-order valence-electron chi connectivity index (χ3n) is 5.68. The molecule has 4 rings (SSSR count). The fourth-order valence-electron chi connectivity index (χ4n) is 4.00. The first kappa shape index (κ1) is 18.7. The van der Waals surface area contributed by atoms with Gasteiger partial charge >= 0.3 is 0 Å². The molecule has 2 aliphatic rings. The molecule has 2 fully saturated rings. The van der Waals surface area contributed by atoms with Crippen LogP contribution in [0, 0.1) is 11.8 Å². The minimum absolute atomic E-state index is 0.00268. The van der Waals surface area contributed by atoms with Crippen LogP contribution in [0.5, 0.6) is 0 Å². The van der Waals surface area contributed by atoms with Gasteiger partial charge in [0.05, 0.1) is 18.2 Å². The number of likely N-dealkylation sites (tertiary alicyclic amines) is 1. The van der Waals surface area contributed by atoms with Crippen molar-refractivity contribution in [1.82, 2.24) is 15.2 Å². The Bertz CT molecular complexity index is 836. The Hall–Kier alpha value is -2.67. The average Bonchev–Trinajstić information content (AvgIpc) is 3.47. The van der Waals surface area contributed by atoms with Gasteiger partial charge in [-0.2, -0.15) is 0 Å². The number of nitrogens with zero attached hydrogens (tertiary/aromatic N) is 2. The van der Waals surface area contributed by atoms with E-state index < -0.39 is 0 Å². The molecule has 7 heteroatoms. The van der Waals surface area contributed by atoms with Gasteiger partial charge in [0, 0.05) is 37.4 Å². The van der Waals surface area contributed by atoms with Gasteiger partial charge in [0.15, 0.2) is 12.2 Å². The van der Waals surface area contributed by atoms with Crippen LogP contribution in [-0.2, 0) is 9.53 Å². The maximum absolute atomic E-state index is 12.7. The fraction of sp³-hybridized carbons (Fsp3) is 0.476. The summed E-state index contributed by atoms with van der Waals surface area (Å²) < 4.78 is 10.8. The van der Waals surface area contributed by atoms with Crippen molar-refractivity contribution in [2.45, 2.75) is 25.9 Å². The summed E-state index contributed by atoms with van der Waals surface area (Å²) in [7, 11) is 0. The lowest BCUT2D eigenvalue weighted by molar-refractivity contribution is -0.136.